The number of nitrogens with two attached hydrogens (primary N) is 1. The maximum absolute atomic E-state index is 5.77. The third kappa shape index (κ3) is 4.32. The molecule has 0 aliphatic rings. The molecule has 0 amide bonds. The molecule has 6 heteroatoms. The highest BCUT2D eigenvalue weighted by atomic mass is 127. The number of rotatable bonds is 5. The number of nitrogen functional groups attached to an aromatic ring is 1. The highest BCUT2D eigenvalue weighted by Crippen LogP contribution is 2.18. The van der Waals surface area contributed by atoms with Crippen LogP contribution < -0.4 is 11.1 Å². The second kappa shape index (κ2) is 6.67. The molecule has 1 heterocycles. The van der Waals surface area contributed by atoms with Crippen LogP contribution in [0.15, 0.2) is 30.3 Å². The summed E-state index contributed by atoms with van der Waals surface area (Å²) >= 11 is 2.26. The van der Waals surface area contributed by atoms with Crippen LogP contribution in [0, 0.1) is 3.57 Å². The lowest BCUT2D eigenvalue weighted by atomic mass is 10.3. The van der Waals surface area contributed by atoms with Crippen molar-refractivity contribution in [3.05, 3.63) is 39.7 Å². The Balaban J connectivity index is 2.17. The number of anilines is 3. The van der Waals surface area contributed by atoms with Gasteiger partial charge in [0.1, 0.15) is 18.2 Å². The van der Waals surface area contributed by atoms with Crippen LogP contribution in [0.25, 0.3) is 0 Å². The first-order chi connectivity index (χ1) is 9.17. The summed E-state index contributed by atoms with van der Waals surface area (Å²) in [5.41, 5.74) is 6.73. The van der Waals surface area contributed by atoms with Gasteiger partial charge in [-0.15, -0.1) is 0 Å². The Kier molecular flexibility index (Phi) is 4.92. The van der Waals surface area contributed by atoms with E-state index in [0.717, 1.165) is 9.26 Å². The number of ether oxygens (including phenoxy) is 1. The second-order valence-corrected chi connectivity index (χ2v) is 5.11. The van der Waals surface area contributed by atoms with E-state index in [2.05, 4.69) is 37.9 Å². The molecule has 0 spiro atoms. The highest BCUT2D eigenvalue weighted by Gasteiger charge is 2.03. The molecule has 0 saturated carbocycles. The molecule has 0 atom stereocenters. The summed E-state index contributed by atoms with van der Waals surface area (Å²) in [6, 6.07) is 9.72. The van der Waals surface area contributed by atoms with Crippen molar-refractivity contribution in [3.63, 3.8) is 0 Å². The van der Waals surface area contributed by atoms with Gasteiger partial charge >= 0.3 is 0 Å². The van der Waals surface area contributed by atoms with Crippen LogP contribution in [-0.2, 0) is 11.3 Å². The Morgan fingerprint density at radius 1 is 1.32 bits per heavy atom. The standard InChI is InChI=1S/C13H15IN4O/c1-2-19-8-13-17-11(15)7-12(18-13)16-10-5-3-4-9(14)6-10/h3-7H,2,8H2,1H3,(H3,15,16,17,18). The molecule has 0 fully saturated rings. The summed E-state index contributed by atoms with van der Waals surface area (Å²) < 4.78 is 6.44. The molecule has 1 aromatic heterocycles. The van der Waals surface area contributed by atoms with Crippen LogP contribution in [0.5, 0.6) is 0 Å². The second-order valence-electron chi connectivity index (χ2n) is 3.87. The summed E-state index contributed by atoms with van der Waals surface area (Å²) in [6.45, 7) is 2.91. The largest absolute Gasteiger partial charge is 0.384 e. The average Bonchev–Trinajstić information content (AvgIpc) is 2.35. The molecule has 0 saturated heterocycles. The van der Waals surface area contributed by atoms with Crippen molar-refractivity contribution in [1.82, 2.24) is 9.97 Å². The van der Waals surface area contributed by atoms with Gasteiger partial charge < -0.3 is 15.8 Å². The monoisotopic (exact) mass is 370 g/mol. The molecule has 100 valence electrons. The summed E-state index contributed by atoms with van der Waals surface area (Å²) in [6.07, 6.45) is 0. The van der Waals surface area contributed by atoms with Gasteiger partial charge in [0.15, 0.2) is 5.82 Å². The fraction of sp³-hybridized carbons (Fsp3) is 0.231. The Labute approximate surface area is 125 Å². The fourth-order valence-electron chi connectivity index (χ4n) is 1.55. The van der Waals surface area contributed by atoms with E-state index in [-0.39, 0.29) is 0 Å². The normalized spacial score (nSPS) is 10.4. The summed E-state index contributed by atoms with van der Waals surface area (Å²) in [4.78, 5) is 8.50. The highest BCUT2D eigenvalue weighted by molar-refractivity contribution is 14.1. The molecule has 19 heavy (non-hydrogen) atoms. The van der Waals surface area contributed by atoms with Gasteiger partial charge in [-0.1, -0.05) is 6.07 Å². The maximum Gasteiger partial charge on any atom is 0.158 e. The first-order valence-corrected chi connectivity index (χ1v) is 6.99. The summed E-state index contributed by atoms with van der Waals surface area (Å²) in [5.74, 6) is 1.68. The van der Waals surface area contributed by atoms with Gasteiger partial charge in [0.2, 0.25) is 0 Å². The number of benzene rings is 1. The van der Waals surface area contributed by atoms with Crippen molar-refractivity contribution >= 4 is 39.9 Å². The minimum absolute atomic E-state index is 0.364. The lowest BCUT2D eigenvalue weighted by Gasteiger charge is -2.08. The average molecular weight is 370 g/mol. The van der Waals surface area contributed by atoms with Gasteiger partial charge in [0.05, 0.1) is 0 Å². The van der Waals surface area contributed by atoms with E-state index in [9.17, 15) is 0 Å². The van der Waals surface area contributed by atoms with Gasteiger partial charge in [-0.2, -0.15) is 0 Å². The van der Waals surface area contributed by atoms with Crippen molar-refractivity contribution < 1.29 is 4.74 Å². The molecule has 2 rings (SSSR count). The van der Waals surface area contributed by atoms with Crippen LogP contribution in [0.2, 0.25) is 0 Å². The molecular formula is C13H15IN4O. The van der Waals surface area contributed by atoms with E-state index in [1.54, 1.807) is 6.07 Å². The SMILES string of the molecule is CCOCc1nc(N)cc(Nc2cccc(I)c2)n1. The molecule has 1 aromatic carbocycles. The zero-order chi connectivity index (χ0) is 13.7. The first kappa shape index (κ1) is 14.0. The van der Waals surface area contributed by atoms with Crippen molar-refractivity contribution in [1.29, 1.82) is 0 Å². The number of hydrogen-bond acceptors (Lipinski definition) is 5. The molecule has 0 unspecified atom stereocenters. The van der Waals surface area contributed by atoms with E-state index >= 15 is 0 Å². The zero-order valence-electron chi connectivity index (χ0n) is 10.6. The van der Waals surface area contributed by atoms with Gasteiger partial charge in [-0.05, 0) is 47.7 Å². The Morgan fingerprint density at radius 2 is 2.16 bits per heavy atom. The predicted molar refractivity (Wildman–Crippen MR) is 84.2 cm³/mol. The molecule has 5 nitrogen and oxygen atoms in total. The fourth-order valence-corrected chi connectivity index (χ4v) is 2.10. The minimum Gasteiger partial charge on any atom is -0.384 e. The molecule has 2 aromatic rings. The summed E-state index contributed by atoms with van der Waals surface area (Å²) in [7, 11) is 0. The van der Waals surface area contributed by atoms with E-state index in [4.69, 9.17) is 10.5 Å². The van der Waals surface area contributed by atoms with Crippen molar-refractivity contribution in [2.75, 3.05) is 17.7 Å². The molecule has 0 aliphatic carbocycles. The smallest absolute Gasteiger partial charge is 0.158 e. The van der Waals surface area contributed by atoms with Crippen LogP contribution >= 0.6 is 22.6 Å². The lowest BCUT2D eigenvalue weighted by Crippen LogP contribution is -2.05. The first-order valence-electron chi connectivity index (χ1n) is 5.91. The number of halogens is 1. The molecule has 0 bridgehead atoms. The minimum atomic E-state index is 0.364. The van der Waals surface area contributed by atoms with E-state index < -0.39 is 0 Å². The van der Waals surface area contributed by atoms with Crippen molar-refractivity contribution in [2.24, 2.45) is 0 Å². The van der Waals surface area contributed by atoms with Gasteiger partial charge in [0.25, 0.3) is 0 Å². The Hall–Kier alpha value is -1.41. The van der Waals surface area contributed by atoms with Gasteiger partial charge in [-0.25, -0.2) is 9.97 Å². The predicted octanol–water partition coefficient (Wildman–Crippen LogP) is 2.94. The van der Waals surface area contributed by atoms with Crippen LogP contribution in [0.3, 0.4) is 0 Å². The van der Waals surface area contributed by atoms with Crippen LogP contribution in [-0.4, -0.2) is 16.6 Å². The third-order valence-corrected chi connectivity index (χ3v) is 3.00. The number of hydrogen-bond donors (Lipinski definition) is 2. The van der Waals surface area contributed by atoms with Gasteiger partial charge in [0, 0.05) is 21.9 Å². The quantitative estimate of drug-likeness (QED) is 0.792. The zero-order valence-corrected chi connectivity index (χ0v) is 12.7. The van der Waals surface area contributed by atoms with Gasteiger partial charge in [-0.3, -0.25) is 0 Å². The molecule has 3 N–H and O–H groups in total. The number of nitrogens with zero attached hydrogens (tertiary/aromatic N) is 2. The van der Waals surface area contributed by atoms with Crippen LogP contribution in [0.4, 0.5) is 17.3 Å². The molecule has 0 aliphatic heterocycles. The van der Waals surface area contributed by atoms with E-state index in [1.807, 2.05) is 31.2 Å². The maximum atomic E-state index is 5.77. The lowest BCUT2D eigenvalue weighted by molar-refractivity contribution is 0.128. The third-order valence-electron chi connectivity index (χ3n) is 2.32. The number of nitrogens with one attached hydrogen (secondary N) is 1. The topological polar surface area (TPSA) is 73.1 Å². The number of aromatic nitrogens is 2. The van der Waals surface area contributed by atoms with Crippen molar-refractivity contribution in [3.8, 4) is 0 Å². The summed E-state index contributed by atoms with van der Waals surface area (Å²) in [5, 5.41) is 3.21. The van der Waals surface area contributed by atoms with Crippen molar-refractivity contribution in [2.45, 2.75) is 13.5 Å². The van der Waals surface area contributed by atoms with E-state index in [1.165, 1.54) is 0 Å². The Bertz CT molecular complexity index is 562. The van der Waals surface area contributed by atoms with E-state index in [0.29, 0.717) is 30.7 Å². The Morgan fingerprint density at radius 3 is 2.89 bits per heavy atom. The molecular weight excluding hydrogens is 355 g/mol. The molecule has 0 radical (unpaired) electrons. The van der Waals surface area contributed by atoms with Crippen LogP contribution in [0.1, 0.15) is 12.7 Å².